The SMILES string of the molecule is CCCCNc1nc(SCCC)nc2c1nnn2C1CC(CO)CC1O[Si](C)(C)C(C)(C)C. The molecule has 2 aromatic rings. The minimum atomic E-state index is -1.99. The monoisotopic (exact) mass is 494 g/mol. The Hall–Kier alpha value is -1.23. The molecule has 0 radical (unpaired) electrons. The van der Waals surface area contributed by atoms with Crippen molar-refractivity contribution in [2.75, 3.05) is 24.2 Å². The lowest BCUT2D eigenvalue weighted by Gasteiger charge is -2.39. The van der Waals surface area contributed by atoms with Crippen molar-refractivity contribution in [3.8, 4) is 0 Å². The van der Waals surface area contributed by atoms with E-state index in [-0.39, 0.29) is 29.7 Å². The number of hydrogen-bond acceptors (Lipinski definition) is 8. The molecule has 2 N–H and O–H groups in total. The van der Waals surface area contributed by atoms with E-state index in [9.17, 15) is 5.11 Å². The Morgan fingerprint density at radius 1 is 1.18 bits per heavy atom. The van der Waals surface area contributed by atoms with Crippen LogP contribution in [0.1, 0.15) is 72.8 Å². The molecule has 8 nitrogen and oxygen atoms in total. The maximum absolute atomic E-state index is 9.95. The molecule has 3 unspecified atom stereocenters. The molecular weight excluding hydrogens is 452 g/mol. The summed E-state index contributed by atoms with van der Waals surface area (Å²) in [5.41, 5.74) is 1.47. The molecule has 1 aliphatic carbocycles. The zero-order valence-corrected chi connectivity index (χ0v) is 23.2. The van der Waals surface area contributed by atoms with Gasteiger partial charge in [-0.3, -0.25) is 0 Å². The van der Waals surface area contributed by atoms with Crippen LogP contribution in [0.25, 0.3) is 11.2 Å². The predicted octanol–water partition coefficient (Wildman–Crippen LogP) is 5.27. The van der Waals surface area contributed by atoms with E-state index in [2.05, 4.69) is 63.3 Å². The Balaban J connectivity index is 1.99. The number of unbranched alkanes of at least 4 members (excludes halogenated alkanes) is 1. The second-order valence-corrected chi connectivity index (χ2v) is 16.5. The standard InChI is InChI=1S/C23H42N6O2SSi/c1-8-10-11-24-20-19-21(26-22(25-20)32-12-9-2)29(28-27-19)17-13-16(15-30)14-18(17)31-33(6,7)23(3,4)5/h16-18,30H,8-15H2,1-7H3,(H,24,25,26). The first-order valence-corrected chi connectivity index (χ1v) is 16.3. The zero-order valence-electron chi connectivity index (χ0n) is 21.4. The van der Waals surface area contributed by atoms with Gasteiger partial charge in [0.1, 0.15) is 0 Å². The van der Waals surface area contributed by atoms with E-state index in [0.29, 0.717) is 5.52 Å². The summed E-state index contributed by atoms with van der Waals surface area (Å²) in [6.45, 7) is 16.7. The average Bonchev–Trinajstić information content (AvgIpc) is 3.34. The first kappa shape index (κ1) is 26.4. The summed E-state index contributed by atoms with van der Waals surface area (Å²) < 4.78 is 8.81. The van der Waals surface area contributed by atoms with E-state index in [1.807, 2.05) is 4.68 Å². The van der Waals surface area contributed by atoms with Gasteiger partial charge in [0.15, 0.2) is 30.5 Å². The summed E-state index contributed by atoms with van der Waals surface area (Å²) in [7, 11) is -1.99. The maximum atomic E-state index is 9.95. The van der Waals surface area contributed by atoms with Crippen LogP contribution >= 0.6 is 11.8 Å². The molecule has 0 saturated heterocycles. The third-order valence-corrected chi connectivity index (χ3v) is 12.5. The molecule has 0 aliphatic heterocycles. The highest BCUT2D eigenvalue weighted by molar-refractivity contribution is 7.99. The molecule has 2 aromatic heterocycles. The summed E-state index contributed by atoms with van der Waals surface area (Å²) in [6.07, 6.45) is 4.88. The van der Waals surface area contributed by atoms with Gasteiger partial charge in [-0.2, -0.15) is 0 Å². The maximum Gasteiger partial charge on any atom is 0.192 e. The van der Waals surface area contributed by atoms with Gasteiger partial charge in [0.2, 0.25) is 0 Å². The lowest BCUT2D eigenvalue weighted by molar-refractivity contribution is 0.134. The van der Waals surface area contributed by atoms with Crippen LogP contribution in [0.5, 0.6) is 0 Å². The van der Waals surface area contributed by atoms with Gasteiger partial charge in [0, 0.05) is 18.9 Å². The van der Waals surface area contributed by atoms with Gasteiger partial charge in [-0.15, -0.1) is 5.10 Å². The van der Waals surface area contributed by atoms with Gasteiger partial charge < -0.3 is 14.8 Å². The van der Waals surface area contributed by atoms with E-state index in [1.165, 1.54) is 0 Å². The van der Waals surface area contributed by atoms with Crippen LogP contribution in [0, 0.1) is 5.92 Å². The first-order chi connectivity index (χ1) is 15.6. The van der Waals surface area contributed by atoms with Crippen molar-refractivity contribution in [3.05, 3.63) is 0 Å². The predicted molar refractivity (Wildman–Crippen MR) is 138 cm³/mol. The Kier molecular flexibility index (Phi) is 8.80. The van der Waals surface area contributed by atoms with Gasteiger partial charge in [-0.25, -0.2) is 14.6 Å². The summed E-state index contributed by atoms with van der Waals surface area (Å²) in [5, 5.41) is 23.3. The molecular formula is C23H42N6O2SSi. The first-order valence-electron chi connectivity index (χ1n) is 12.4. The van der Waals surface area contributed by atoms with Crippen LogP contribution < -0.4 is 5.32 Å². The summed E-state index contributed by atoms with van der Waals surface area (Å²) in [4.78, 5) is 9.63. The van der Waals surface area contributed by atoms with Crippen molar-refractivity contribution >= 4 is 37.1 Å². The minimum absolute atomic E-state index is 0.00342. The Morgan fingerprint density at radius 3 is 2.58 bits per heavy atom. The summed E-state index contributed by atoms with van der Waals surface area (Å²) in [6, 6.07) is 0.00342. The van der Waals surface area contributed by atoms with Crippen LogP contribution in [-0.2, 0) is 4.43 Å². The molecule has 1 saturated carbocycles. The second-order valence-electron chi connectivity index (χ2n) is 10.7. The molecule has 3 atom stereocenters. The number of aromatic nitrogens is 5. The van der Waals surface area contributed by atoms with Gasteiger partial charge in [0.25, 0.3) is 0 Å². The summed E-state index contributed by atoms with van der Waals surface area (Å²) in [5.74, 6) is 1.92. The minimum Gasteiger partial charge on any atom is -0.412 e. The van der Waals surface area contributed by atoms with E-state index in [1.54, 1.807) is 11.8 Å². The van der Waals surface area contributed by atoms with Crippen molar-refractivity contribution in [2.24, 2.45) is 5.92 Å². The number of aliphatic hydroxyl groups excluding tert-OH is 1. The Labute approximate surface area is 203 Å². The molecule has 0 amide bonds. The molecule has 0 bridgehead atoms. The summed E-state index contributed by atoms with van der Waals surface area (Å²) >= 11 is 1.67. The van der Waals surface area contributed by atoms with Crippen molar-refractivity contribution in [3.63, 3.8) is 0 Å². The number of hydrogen-bond donors (Lipinski definition) is 2. The van der Waals surface area contributed by atoms with Gasteiger partial charge in [0.05, 0.1) is 12.1 Å². The van der Waals surface area contributed by atoms with Crippen LogP contribution in [0.2, 0.25) is 18.1 Å². The highest BCUT2D eigenvalue weighted by Crippen LogP contribution is 2.44. The number of rotatable bonds is 11. The third-order valence-electron chi connectivity index (χ3n) is 6.96. The highest BCUT2D eigenvalue weighted by atomic mass is 32.2. The molecule has 0 aromatic carbocycles. The van der Waals surface area contributed by atoms with Crippen molar-refractivity contribution in [2.45, 2.75) is 102 Å². The van der Waals surface area contributed by atoms with Gasteiger partial charge in [-0.05, 0) is 49.7 Å². The average molecular weight is 495 g/mol. The fraction of sp³-hybridized carbons (Fsp3) is 0.826. The molecule has 186 valence electrons. The topological polar surface area (TPSA) is 98.0 Å². The van der Waals surface area contributed by atoms with Gasteiger partial charge in [-0.1, -0.05) is 58.0 Å². The number of nitrogens with one attached hydrogen (secondary N) is 1. The van der Waals surface area contributed by atoms with E-state index in [0.717, 1.165) is 61.0 Å². The lowest BCUT2D eigenvalue weighted by Crippen LogP contribution is -2.45. The van der Waals surface area contributed by atoms with Crippen molar-refractivity contribution in [1.29, 1.82) is 0 Å². The van der Waals surface area contributed by atoms with Gasteiger partial charge >= 0.3 is 0 Å². The van der Waals surface area contributed by atoms with Crippen LogP contribution in [0.3, 0.4) is 0 Å². The van der Waals surface area contributed by atoms with Crippen molar-refractivity contribution in [1.82, 2.24) is 25.0 Å². The molecule has 33 heavy (non-hydrogen) atoms. The fourth-order valence-corrected chi connectivity index (χ4v) is 6.02. The number of fused-ring (bicyclic) bond motifs is 1. The quantitative estimate of drug-likeness (QED) is 0.189. The number of aliphatic hydroxyl groups is 1. The van der Waals surface area contributed by atoms with E-state index in [4.69, 9.17) is 14.4 Å². The lowest BCUT2D eigenvalue weighted by atomic mass is 10.1. The Morgan fingerprint density at radius 2 is 1.94 bits per heavy atom. The number of thioether (sulfide) groups is 1. The smallest absolute Gasteiger partial charge is 0.192 e. The fourth-order valence-electron chi connectivity index (χ4n) is 3.96. The van der Waals surface area contributed by atoms with Crippen molar-refractivity contribution < 1.29 is 9.53 Å². The number of anilines is 1. The molecule has 2 heterocycles. The van der Waals surface area contributed by atoms with Crippen LogP contribution in [0.15, 0.2) is 5.16 Å². The molecule has 1 aliphatic rings. The van der Waals surface area contributed by atoms with Crippen LogP contribution in [-0.4, -0.2) is 63.4 Å². The molecule has 10 heteroatoms. The zero-order chi connectivity index (χ0) is 24.2. The molecule has 1 fully saturated rings. The highest BCUT2D eigenvalue weighted by Gasteiger charge is 2.45. The largest absolute Gasteiger partial charge is 0.412 e. The third kappa shape index (κ3) is 6.07. The normalized spacial score (nSPS) is 21.8. The Bertz CT molecular complexity index is 916. The second kappa shape index (κ2) is 11.0. The van der Waals surface area contributed by atoms with Crippen LogP contribution in [0.4, 0.5) is 5.82 Å². The molecule has 0 spiro atoms. The molecule has 3 rings (SSSR count). The van der Waals surface area contributed by atoms with E-state index < -0.39 is 8.32 Å². The number of nitrogens with zero attached hydrogens (tertiary/aromatic N) is 5. The van der Waals surface area contributed by atoms with E-state index >= 15 is 0 Å².